The maximum absolute atomic E-state index is 13.3. The second-order valence-corrected chi connectivity index (χ2v) is 6.02. The molecule has 0 N–H and O–H groups in total. The minimum Gasteiger partial charge on any atom is -0.480 e. The molecule has 0 spiro atoms. The van der Waals surface area contributed by atoms with Crippen LogP contribution in [0.25, 0.3) is 0 Å². The normalized spacial score (nSPS) is 23.4. The van der Waals surface area contributed by atoms with Crippen molar-refractivity contribution in [3.63, 3.8) is 0 Å². The first kappa shape index (κ1) is 14.2. The average molecular weight is 316 g/mol. The summed E-state index contributed by atoms with van der Waals surface area (Å²) < 4.78 is 20.8. The van der Waals surface area contributed by atoms with Gasteiger partial charge in [0, 0.05) is 25.1 Å². The molecule has 0 saturated carbocycles. The number of rotatable bonds is 2. The summed E-state index contributed by atoms with van der Waals surface area (Å²) in [4.78, 5) is 18.5. The number of carbonyl (C=O) groups is 1. The zero-order valence-corrected chi connectivity index (χ0v) is 12.6. The lowest BCUT2D eigenvalue weighted by atomic mass is 10.0. The topological polar surface area (TPSA) is 60.2 Å². The molecule has 4 rings (SSSR count). The van der Waals surface area contributed by atoms with Gasteiger partial charge in [-0.15, -0.1) is 0 Å². The number of carbonyl (C=O) groups excluding carboxylic acids is 1. The fourth-order valence-electron chi connectivity index (χ4n) is 3.34. The summed E-state index contributed by atoms with van der Waals surface area (Å²) in [6.07, 6.45) is 4.96. The van der Waals surface area contributed by atoms with E-state index >= 15 is 0 Å². The van der Waals surface area contributed by atoms with Gasteiger partial charge in [-0.05, 0) is 31.0 Å². The maximum Gasteiger partial charge on any atom is 0.264 e. The van der Waals surface area contributed by atoms with Crippen LogP contribution in [0.1, 0.15) is 24.4 Å². The van der Waals surface area contributed by atoms with Crippen LogP contribution < -0.4 is 4.74 Å². The predicted molar refractivity (Wildman–Crippen MR) is 79.4 cm³/mol. The second-order valence-electron chi connectivity index (χ2n) is 6.02. The zero-order valence-electron chi connectivity index (χ0n) is 12.6. The number of nitrogens with zero attached hydrogens (tertiary/aromatic N) is 4. The van der Waals surface area contributed by atoms with E-state index in [2.05, 4.69) is 10.1 Å². The smallest absolute Gasteiger partial charge is 0.264 e. The van der Waals surface area contributed by atoms with Crippen LogP contribution in [0.4, 0.5) is 4.39 Å². The van der Waals surface area contributed by atoms with Gasteiger partial charge in [-0.1, -0.05) is 0 Å². The van der Waals surface area contributed by atoms with Crippen LogP contribution in [0, 0.1) is 5.82 Å². The first-order valence-corrected chi connectivity index (χ1v) is 7.78. The molecule has 1 saturated heterocycles. The molecule has 1 amide bonds. The summed E-state index contributed by atoms with van der Waals surface area (Å²) in [5, 5.41) is 4.17. The quantitative estimate of drug-likeness (QED) is 0.844. The third-order valence-corrected chi connectivity index (χ3v) is 4.49. The van der Waals surface area contributed by atoms with Gasteiger partial charge in [0.25, 0.3) is 5.91 Å². The molecule has 6 nitrogen and oxygen atoms in total. The van der Waals surface area contributed by atoms with E-state index < -0.39 is 6.10 Å². The van der Waals surface area contributed by atoms with E-state index in [0.29, 0.717) is 25.3 Å². The van der Waals surface area contributed by atoms with Crippen molar-refractivity contribution >= 4 is 5.91 Å². The standard InChI is InChI=1S/C16H17FN4O2/c17-12-3-4-14-11(6-12)7-15(23-14)16(22)20-5-1-2-13(8-20)21-10-18-9-19-21/h3-4,6,9-10,13,15H,1-2,5,7-8H2/t13-,15-/m1/s1. The highest BCUT2D eigenvalue weighted by Crippen LogP contribution is 2.31. The molecule has 0 bridgehead atoms. The number of fused-ring (bicyclic) bond motifs is 1. The Labute approximate surface area is 132 Å². The number of piperidine rings is 1. The number of likely N-dealkylation sites (tertiary alicyclic amines) is 1. The summed E-state index contributed by atoms with van der Waals surface area (Å²) in [5.74, 6) is 0.269. The van der Waals surface area contributed by atoms with Crippen molar-refractivity contribution in [1.82, 2.24) is 19.7 Å². The molecule has 3 heterocycles. The number of aromatic nitrogens is 3. The van der Waals surface area contributed by atoms with Crippen molar-refractivity contribution in [1.29, 1.82) is 0 Å². The molecule has 2 aliphatic rings. The van der Waals surface area contributed by atoms with E-state index in [1.807, 2.05) is 4.90 Å². The van der Waals surface area contributed by atoms with Gasteiger partial charge in [0.05, 0.1) is 6.04 Å². The summed E-state index contributed by atoms with van der Waals surface area (Å²) in [6, 6.07) is 4.54. The number of hydrogen-bond acceptors (Lipinski definition) is 4. The Morgan fingerprint density at radius 2 is 2.30 bits per heavy atom. The van der Waals surface area contributed by atoms with Crippen molar-refractivity contribution in [2.45, 2.75) is 31.4 Å². The van der Waals surface area contributed by atoms with Crippen molar-refractivity contribution in [3.8, 4) is 5.75 Å². The van der Waals surface area contributed by atoms with Gasteiger partial charge >= 0.3 is 0 Å². The van der Waals surface area contributed by atoms with Crippen LogP contribution >= 0.6 is 0 Å². The lowest BCUT2D eigenvalue weighted by Gasteiger charge is -2.33. The monoisotopic (exact) mass is 316 g/mol. The van der Waals surface area contributed by atoms with Crippen LogP contribution in [-0.2, 0) is 11.2 Å². The maximum atomic E-state index is 13.3. The van der Waals surface area contributed by atoms with Crippen molar-refractivity contribution < 1.29 is 13.9 Å². The minimum absolute atomic E-state index is 0.0357. The van der Waals surface area contributed by atoms with Crippen LogP contribution in [0.2, 0.25) is 0 Å². The Balaban J connectivity index is 1.45. The Hall–Kier alpha value is -2.44. The van der Waals surface area contributed by atoms with E-state index in [0.717, 1.165) is 18.4 Å². The lowest BCUT2D eigenvalue weighted by molar-refractivity contribution is -0.139. The minimum atomic E-state index is -0.554. The van der Waals surface area contributed by atoms with Gasteiger partial charge in [-0.3, -0.25) is 4.79 Å². The fourth-order valence-corrected chi connectivity index (χ4v) is 3.34. The third-order valence-electron chi connectivity index (χ3n) is 4.49. The van der Waals surface area contributed by atoms with Crippen molar-refractivity contribution in [3.05, 3.63) is 42.2 Å². The summed E-state index contributed by atoms with van der Waals surface area (Å²) in [6.45, 7) is 1.32. The number of halogens is 1. The molecule has 120 valence electrons. The van der Waals surface area contributed by atoms with E-state index in [4.69, 9.17) is 4.74 Å². The highest BCUT2D eigenvalue weighted by atomic mass is 19.1. The Morgan fingerprint density at radius 1 is 1.39 bits per heavy atom. The summed E-state index contributed by atoms with van der Waals surface area (Å²) in [5.41, 5.74) is 0.758. The third kappa shape index (κ3) is 2.67. The highest BCUT2D eigenvalue weighted by molar-refractivity contribution is 5.82. The number of ether oxygens (including phenoxy) is 1. The molecule has 1 aromatic heterocycles. The Morgan fingerprint density at radius 3 is 3.13 bits per heavy atom. The molecule has 2 atom stereocenters. The van der Waals surface area contributed by atoms with E-state index in [1.54, 1.807) is 17.1 Å². The summed E-state index contributed by atoms with van der Waals surface area (Å²) in [7, 11) is 0. The molecule has 7 heteroatoms. The molecule has 0 radical (unpaired) electrons. The SMILES string of the molecule is O=C([C@H]1Cc2cc(F)ccc2O1)N1CCC[C@@H](n2cncn2)C1. The molecule has 0 unspecified atom stereocenters. The van der Waals surface area contributed by atoms with Gasteiger partial charge in [0.2, 0.25) is 0 Å². The Kier molecular flexibility index (Phi) is 3.48. The van der Waals surface area contributed by atoms with E-state index in [9.17, 15) is 9.18 Å². The van der Waals surface area contributed by atoms with E-state index in [1.165, 1.54) is 18.5 Å². The van der Waals surface area contributed by atoms with Crippen molar-refractivity contribution in [2.24, 2.45) is 0 Å². The molecule has 0 aliphatic carbocycles. The highest BCUT2D eigenvalue weighted by Gasteiger charge is 2.35. The first-order chi connectivity index (χ1) is 11.2. The molecule has 1 fully saturated rings. The average Bonchev–Trinajstić information content (AvgIpc) is 3.23. The predicted octanol–water partition coefficient (Wildman–Crippen LogP) is 1.58. The largest absolute Gasteiger partial charge is 0.480 e. The number of benzene rings is 1. The zero-order chi connectivity index (χ0) is 15.8. The van der Waals surface area contributed by atoms with Gasteiger partial charge in [0.1, 0.15) is 24.2 Å². The van der Waals surface area contributed by atoms with Crippen LogP contribution in [0.5, 0.6) is 5.75 Å². The molecule has 2 aromatic rings. The van der Waals surface area contributed by atoms with Gasteiger partial charge in [-0.2, -0.15) is 5.10 Å². The molecule has 2 aliphatic heterocycles. The molecule has 1 aromatic carbocycles. The fraction of sp³-hybridized carbons (Fsp3) is 0.438. The van der Waals surface area contributed by atoms with Crippen LogP contribution in [0.15, 0.2) is 30.9 Å². The summed E-state index contributed by atoms with van der Waals surface area (Å²) >= 11 is 0. The number of hydrogen-bond donors (Lipinski definition) is 0. The van der Waals surface area contributed by atoms with Gasteiger partial charge in [0.15, 0.2) is 6.10 Å². The van der Waals surface area contributed by atoms with Crippen LogP contribution in [-0.4, -0.2) is 44.8 Å². The first-order valence-electron chi connectivity index (χ1n) is 7.78. The molecular formula is C16H17FN4O2. The second kappa shape index (κ2) is 5.64. The molecular weight excluding hydrogens is 299 g/mol. The van der Waals surface area contributed by atoms with Crippen molar-refractivity contribution in [2.75, 3.05) is 13.1 Å². The van der Waals surface area contributed by atoms with E-state index in [-0.39, 0.29) is 17.8 Å². The Bertz CT molecular complexity index is 719. The van der Waals surface area contributed by atoms with Crippen LogP contribution in [0.3, 0.4) is 0 Å². The lowest BCUT2D eigenvalue weighted by Crippen LogP contribution is -2.46. The van der Waals surface area contributed by atoms with Gasteiger partial charge in [-0.25, -0.2) is 14.1 Å². The number of amides is 1. The molecule has 23 heavy (non-hydrogen) atoms. The van der Waals surface area contributed by atoms with Gasteiger partial charge < -0.3 is 9.64 Å².